The van der Waals surface area contributed by atoms with E-state index in [2.05, 4.69) is 32.9 Å². The predicted octanol–water partition coefficient (Wildman–Crippen LogP) is 4.41. The van der Waals surface area contributed by atoms with E-state index in [0.29, 0.717) is 6.54 Å². The van der Waals surface area contributed by atoms with Gasteiger partial charge in [0, 0.05) is 13.6 Å². The first-order chi connectivity index (χ1) is 11.3. The molecule has 2 aromatic carbocycles. The first-order valence-electron chi connectivity index (χ1n) is 8.33. The quantitative estimate of drug-likeness (QED) is 0.815. The lowest BCUT2D eigenvalue weighted by molar-refractivity contribution is -0.137. The van der Waals surface area contributed by atoms with Crippen LogP contribution in [0, 0.1) is 0 Å². The predicted molar refractivity (Wildman–Crippen MR) is 98.1 cm³/mol. The lowest BCUT2D eigenvalue weighted by Crippen LogP contribution is -2.37. The molecule has 0 saturated carbocycles. The van der Waals surface area contributed by atoms with Gasteiger partial charge in [0.1, 0.15) is 5.75 Å². The monoisotopic (exact) mass is 325 g/mol. The molecule has 0 saturated heterocycles. The van der Waals surface area contributed by atoms with E-state index in [-0.39, 0.29) is 11.3 Å². The molecule has 0 aliphatic heterocycles. The van der Waals surface area contributed by atoms with Crippen molar-refractivity contribution in [3.63, 3.8) is 0 Å². The fourth-order valence-corrected chi connectivity index (χ4v) is 2.53. The zero-order valence-corrected chi connectivity index (χ0v) is 15.2. The van der Waals surface area contributed by atoms with Crippen molar-refractivity contribution in [2.24, 2.45) is 0 Å². The van der Waals surface area contributed by atoms with E-state index in [0.717, 1.165) is 11.3 Å². The molecule has 1 atom stereocenters. The van der Waals surface area contributed by atoms with Gasteiger partial charge in [-0.05, 0) is 35.6 Å². The largest absolute Gasteiger partial charge is 0.481 e. The highest BCUT2D eigenvalue weighted by Gasteiger charge is 2.20. The highest BCUT2D eigenvalue weighted by atomic mass is 16.5. The molecule has 0 bridgehead atoms. The van der Waals surface area contributed by atoms with Crippen molar-refractivity contribution >= 4 is 5.91 Å². The van der Waals surface area contributed by atoms with Gasteiger partial charge in [-0.15, -0.1) is 0 Å². The number of carbonyl (C=O) groups is 1. The van der Waals surface area contributed by atoms with Gasteiger partial charge >= 0.3 is 0 Å². The fourth-order valence-electron chi connectivity index (χ4n) is 2.53. The number of likely N-dealkylation sites (N-methyl/N-ethyl adjacent to an activating group) is 1. The van der Waals surface area contributed by atoms with Crippen molar-refractivity contribution in [3.05, 3.63) is 65.7 Å². The molecule has 1 amide bonds. The zero-order chi connectivity index (χ0) is 17.7. The Morgan fingerprint density at radius 3 is 2.17 bits per heavy atom. The van der Waals surface area contributed by atoms with Crippen LogP contribution in [0.3, 0.4) is 0 Å². The molecule has 2 aromatic rings. The van der Waals surface area contributed by atoms with Crippen LogP contribution in [-0.2, 0) is 16.8 Å². The number of hydrogen-bond acceptors (Lipinski definition) is 2. The molecule has 3 heteroatoms. The summed E-state index contributed by atoms with van der Waals surface area (Å²) in [7, 11) is 1.80. The molecular formula is C21H27NO2. The number of hydrogen-bond donors (Lipinski definition) is 0. The van der Waals surface area contributed by atoms with Gasteiger partial charge in [0.05, 0.1) is 0 Å². The Morgan fingerprint density at radius 1 is 1.04 bits per heavy atom. The van der Waals surface area contributed by atoms with Crippen molar-refractivity contribution in [1.29, 1.82) is 0 Å². The second kappa shape index (κ2) is 7.52. The number of benzene rings is 2. The van der Waals surface area contributed by atoms with Crippen molar-refractivity contribution in [2.45, 2.75) is 45.8 Å². The Bertz CT molecular complexity index is 656. The first-order valence-corrected chi connectivity index (χ1v) is 8.33. The average Bonchev–Trinajstić information content (AvgIpc) is 2.54. The van der Waals surface area contributed by atoms with Crippen LogP contribution >= 0.6 is 0 Å². The van der Waals surface area contributed by atoms with Crippen LogP contribution in [0.15, 0.2) is 54.6 Å². The second-order valence-corrected chi connectivity index (χ2v) is 7.21. The summed E-state index contributed by atoms with van der Waals surface area (Å²) in [5.74, 6) is 0.690. The number of ether oxygens (including phenoxy) is 1. The molecule has 0 fully saturated rings. The van der Waals surface area contributed by atoms with E-state index in [4.69, 9.17) is 4.74 Å². The van der Waals surface area contributed by atoms with Crippen molar-refractivity contribution in [1.82, 2.24) is 4.90 Å². The minimum atomic E-state index is -0.515. The molecule has 0 radical (unpaired) electrons. The fraction of sp³-hybridized carbons (Fsp3) is 0.381. The molecule has 3 nitrogen and oxygen atoms in total. The maximum atomic E-state index is 12.5. The minimum Gasteiger partial charge on any atom is -0.481 e. The average molecular weight is 325 g/mol. The molecule has 1 unspecified atom stereocenters. The van der Waals surface area contributed by atoms with E-state index in [9.17, 15) is 4.79 Å². The van der Waals surface area contributed by atoms with Gasteiger partial charge in [-0.2, -0.15) is 0 Å². The van der Waals surface area contributed by atoms with Crippen molar-refractivity contribution in [3.8, 4) is 5.75 Å². The summed E-state index contributed by atoms with van der Waals surface area (Å²) >= 11 is 0. The Labute approximate surface area is 145 Å². The van der Waals surface area contributed by atoms with Crippen LogP contribution in [0.2, 0.25) is 0 Å². The van der Waals surface area contributed by atoms with Crippen molar-refractivity contribution < 1.29 is 9.53 Å². The Morgan fingerprint density at radius 2 is 1.62 bits per heavy atom. The molecular weight excluding hydrogens is 298 g/mol. The van der Waals surface area contributed by atoms with Crippen LogP contribution in [0.4, 0.5) is 0 Å². The Kier molecular flexibility index (Phi) is 5.66. The molecule has 2 rings (SSSR count). The Balaban J connectivity index is 1.96. The van der Waals surface area contributed by atoms with Gasteiger partial charge in [-0.1, -0.05) is 63.2 Å². The summed E-state index contributed by atoms with van der Waals surface area (Å²) in [5, 5.41) is 0. The van der Waals surface area contributed by atoms with Crippen LogP contribution in [-0.4, -0.2) is 24.0 Å². The molecule has 0 aliphatic rings. The molecule has 0 aromatic heterocycles. The molecule has 24 heavy (non-hydrogen) atoms. The van der Waals surface area contributed by atoms with Gasteiger partial charge in [0.15, 0.2) is 6.10 Å². The van der Waals surface area contributed by atoms with E-state index >= 15 is 0 Å². The van der Waals surface area contributed by atoms with E-state index in [1.54, 1.807) is 18.9 Å². The van der Waals surface area contributed by atoms with Crippen molar-refractivity contribution in [2.75, 3.05) is 7.05 Å². The molecule has 0 N–H and O–H groups in total. The third-order valence-corrected chi connectivity index (χ3v) is 4.02. The maximum Gasteiger partial charge on any atom is 0.263 e. The lowest BCUT2D eigenvalue weighted by atomic mass is 9.87. The molecule has 0 heterocycles. The number of nitrogens with zero attached hydrogens (tertiary/aromatic N) is 1. The summed E-state index contributed by atoms with van der Waals surface area (Å²) in [6.45, 7) is 8.90. The van der Waals surface area contributed by atoms with Crippen LogP contribution in [0.1, 0.15) is 38.8 Å². The summed E-state index contributed by atoms with van der Waals surface area (Å²) in [6.07, 6.45) is -0.515. The summed E-state index contributed by atoms with van der Waals surface area (Å²) in [4.78, 5) is 14.2. The number of rotatable bonds is 5. The smallest absolute Gasteiger partial charge is 0.263 e. The highest BCUT2D eigenvalue weighted by Crippen LogP contribution is 2.24. The lowest BCUT2D eigenvalue weighted by Gasteiger charge is -2.23. The van der Waals surface area contributed by atoms with E-state index in [1.807, 2.05) is 42.5 Å². The van der Waals surface area contributed by atoms with Crippen LogP contribution in [0.25, 0.3) is 0 Å². The van der Waals surface area contributed by atoms with E-state index in [1.165, 1.54) is 5.56 Å². The van der Waals surface area contributed by atoms with Gasteiger partial charge < -0.3 is 9.64 Å². The number of amides is 1. The summed E-state index contributed by atoms with van der Waals surface area (Å²) in [5.41, 5.74) is 2.46. The molecule has 128 valence electrons. The highest BCUT2D eigenvalue weighted by molar-refractivity contribution is 5.80. The second-order valence-electron chi connectivity index (χ2n) is 7.21. The van der Waals surface area contributed by atoms with Gasteiger partial charge in [-0.25, -0.2) is 0 Å². The summed E-state index contributed by atoms with van der Waals surface area (Å²) in [6, 6.07) is 17.9. The number of carbonyl (C=O) groups excluding carboxylic acids is 1. The SMILES string of the molecule is CC(Oc1ccc(C(C)(C)C)cc1)C(=O)N(C)Cc1ccccc1. The van der Waals surface area contributed by atoms with Gasteiger partial charge in [-0.3, -0.25) is 4.79 Å². The Hall–Kier alpha value is -2.29. The zero-order valence-electron chi connectivity index (χ0n) is 15.2. The first kappa shape index (κ1) is 18.1. The normalized spacial score (nSPS) is 12.5. The van der Waals surface area contributed by atoms with Crippen LogP contribution in [0.5, 0.6) is 5.75 Å². The minimum absolute atomic E-state index is 0.0289. The standard InChI is InChI=1S/C21H27NO2/c1-16(20(23)22(5)15-17-9-7-6-8-10-17)24-19-13-11-18(12-14-19)21(2,3)4/h6-14,16H,15H2,1-5H3. The van der Waals surface area contributed by atoms with Gasteiger partial charge in [0.2, 0.25) is 0 Å². The third-order valence-electron chi connectivity index (χ3n) is 4.02. The van der Waals surface area contributed by atoms with Crippen LogP contribution < -0.4 is 4.74 Å². The van der Waals surface area contributed by atoms with E-state index < -0.39 is 6.10 Å². The summed E-state index contributed by atoms with van der Waals surface area (Å²) < 4.78 is 5.81. The molecule has 0 aliphatic carbocycles. The van der Waals surface area contributed by atoms with Gasteiger partial charge in [0.25, 0.3) is 5.91 Å². The molecule has 0 spiro atoms. The maximum absolute atomic E-state index is 12.5. The topological polar surface area (TPSA) is 29.5 Å². The third kappa shape index (κ3) is 4.85.